The number of thiophene rings is 1. The Kier molecular flexibility index (Phi) is 4.43. The van der Waals surface area contributed by atoms with E-state index in [0.29, 0.717) is 0 Å². The molecule has 0 atom stereocenters. The van der Waals surface area contributed by atoms with Crippen LogP contribution in [0.25, 0.3) is 42.4 Å². The van der Waals surface area contributed by atoms with E-state index >= 15 is 0 Å². The van der Waals surface area contributed by atoms with Gasteiger partial charge in [-0.2, -0.15) is 0 Å². The summed E-state index contributed by atoms with van der Waals surface area (Å²) in [6, 6.07) is 60.0. The van der Waals surface area contributed by atoms with Crippen molar-refractivity contribution in [1.29, 1.82) is 0 Å². The molecule has 0 unspecified atom stereocenters. The number of fused-ring (bicyclic) bond motifs is 20. The Labute approximate surface area is 265 Å². The van der Waals surface area contributed by atoms with Gasteiger partial charge in [0.2, 0.25) is 0 Å². The summed E-state index contributed by atoms with van der Waals surface area (Å²) in [6.07, 6.45) is 0. The van der Waals surface area contributed by atoms with E-state index in [-0.39, 0.29) is 0 Å². The summed E-state index contributed by atoms with van der Waals surface area (Å²) in [5.74, 6) is 0. The Morgan fingerprint density at radius 1 is 0.311 bits per heavy atom. The minimum Gasteiger partial charge on any atom is -0.135 e. The van der Waals surface area contributed by atoms with Gasteiger partial charge in [-0.05, 0) is 78.9 Å². The van der Waals surface area contributed by atoms with Crippen molar-refractivity contribution >= 4 is 31.5 Å². The molecule has 45 heavy (non-hydrogen) atoms. The standard InChI is InChI=1S/C44H26S/c1-5-17-32-27(13-1)28-14-2-6-18-33(28)43(32)35-20-8-10-22-37(35)44(38-23-11-9-21-36(38)43)34-19-7-3-15-29(34)30-25-26-40-41(42(30)44)31-16-4-12-24-39(31)45-40/h1-26H. The predicted molar refractivity (Wildman–Crippen MR) is 187 cm³/mol. The lowest BCUT2D eigenvalue weighted by atomic mass is 9.52. The Balaban J connectivity index is 1.40. The maximum Gasteiger partial charge on any atom is 0.0726 e. The molecule has 1 heteroatoms. The SMILES string of the molecule is c1ccc2c(c1)-c1ccccc1C21c2ccccc2C2(c3ccccc3-c3ccc4sc5ccccc5c4c32)c2ccccc21. The lowest BCUT2D eigenvalue weighted by molar-refractivity contribution is 0.635. The van der Waals surface area contributed by atoms with Crippen LogP contribution in [0, 0.1) is 0 Å². The third kappa shape index (κ3) is 2.61. The van der Waals surface area contributed by atoms with E-state index < -0.39 is 10.8 Å². The summed E-state index contributed by atoms with van der Waals surface area (Å²) in [5, 5.41) is 2.76. The molecule has 0 bridgehead atoms. The number of hydrogen-bond acceptors (Lipinski definition) is 1. The molecule has 8 aromatic rings. The van der Waals surface area contributed by atoms with E-state index in [1.807, 2.05) is 11.3 Å². The predicted octanol–water partition coefficient (Wildman–Crippen LogP) is 11.1. The summed E-state index contributed by atoms with van der Waals surface area (Å²) in [7, 11) is 0. The summed E-state index contributed by atoms with van der Waals surface area (Å²) < 4.78 is 2.70. The van der Waals surface area contributed by atoms with Crippen LogP contribution in [0.1, 0.15) is 44.5 Å². The monoisotopic (exact) mass is 586 g/mol. The molecular weight excluding hydrogens is 561 g/mol. The van der Waals surface area contributed by atoms with Gasteiger partial charge < -0.3 is 0 Å². The minimum atomic E-state index is -0.458. The van der Waals surface area contributed by atoms with Gasteiger partial charge in [0.05, 0.1) is 10.8 Å². The van der Waals surface area contributed by atoms with Crippen LogP contribution in [-0.4, -0.2) is 0 Å². The first-order chi connectivity index (χ1) is 22.3. The molecule has 0 nitrogen and oxygen atoms in total. The van der Waals surface area contributed by atoms with E-state index in [4.69, 9.17) is 0 Å². The zero-order valence-corrected chi connectivity index (χ0v) is 25.2. The Hall–Kier alpha value is -5.24. The second kappa shape index (κ2) is 8.27. The van der Waals surface area contributed by atoms with Crippen LogP contribution < -0.4 is 0 Å². The van der Waals surface area contributed by atoms with Gasteiger partial charge in [-0.1, -0.05) is 146 Å². The van der Waals surface area contributed by atoms with E-state index in [0.717, 1.165) is 0 Å². The lowest BCUT2D eigenvalue weighted by Crippen LogP contribution is -2.43. The van der Waals surface area contributed by atoms with Crippen molar-refractivity contribution in [3.63, 3.8) is 0 Å². The topological polar surface area (TPSA) is 0 Å². The molecule has 0 amide bonds. The summed E-state index contributed by atoms with van der Waals surface area (Å²) in [5.41, 5.74) is 15.7. The van der Waals surface area contributed by atoms with Crippen molar-refractivity contribution in [2.45, 2.75) is 10.8 Å². The molecule has 3 aliphatic carbocycles. The molecule has 1 aromatic heterocycles. The molecule has 0 radical (unpaired) electrons. The maximum atomic E-state index is 2.44. The van der Waals surface area contributed by atoms with Gasteiger partial charge in [-0.3, -0.25) is 0 Å². The van der Waals surface area contributed by atoms with E-state index in [1.165, 1.54) is 86.9 Å². The summed E-state index contributed by atoms with van der Waals surface area (Å²) >= 11 is 1.92. The molecule has 0 N–H and O–H groups in total. The van der Waals surface area contributed by atoms with Gasteiger partial charge in [0, 0.05) is 20.2 Å². The zero-order chi connectivity index (χ0) is 29.3. The first-order valence-electron chi connectivity index (χ1n) is 15.8. The molecule has 7 aromatic carbocycles. The minimum absolute atomic E-state index is 0.409. The van der Waals surface area contributed by atoms with Crippen LogP contribution in [0.2, 0.25) is 0 Å². The molecule has 2 spiro atoms. The number of benzene rings is 7. The molecule has 0 saturated carbocycles. The highest BCUT2D eigenvalue weighted by Gasteiger charge is 2.59. The van der Waals surface area contributed by atoms with Crippen LogP contribution in [0.4, 0.5) is 0 Å². The molecule has 3 aliphatic rings. The molecular formula is C44H26S. The highest BCUT2D eigenvalue weighted by molar-refractivity contribution is 7.25. The van der Waals surface area contributed by atoms with Gasteiger partial charge in [-0.25, -0.2) is 0 Å². The number of rotatable bonds is 0. The van der Waals surface area contributed by atoms with E-state index in [1.54, 1.807) is 0 Å². The average Bonchev–Trinajstić information content (AvgIpc) is 3.73. The van der Waals surface area contributed by atoms with Crippen molar-refractivity contribution < 1.29 is 0 Å². The lowest BCUT2D eigenvalue weighted by Gasteiger charge is -2.49. The van der Waals surface area contributed by atoms with Crippen molar-refractivity contribution in [3.8, 4) is 22.3 Å². The van der Waals surface area contributed by atoms with Crippen molar-refractivity contribution in [1.82, 2.24) is 0 Å². The van der Waals surface area contributed by atoms with E-state index in [2.05, 4.69) is 158 Å². The zero-order valence-electron chi connectivity index (χ0n) is 24.4. The molecule has 1 heterocycles. The van der Waals surface area contributed by atoms with Crippen LogP contribution in [0.5, 0.6) is 0 Å². The van der Waals surface area contributed by atoms with Crippen molar-refractivity contribution in [3.05, 3.63) is 202 Å². The third-order valence-electron chi connectivity index (χ3n) is 11.0. The fraction of sp³-hybridized carbons (Fsp3) is 0.0455. The fourth-order valence-corrected chi connectivity index (χ4v) is 10.7. The second-order valence-electron chi connectivity index (χ2n) is 12.7. The van der Waals surface area contributed by atoms with Gasteiger partial charge in [0.25, 0.3) is 0 Å². The summed E-state index contributed by atoms with van der Waals surface area (Å²) in [4.78, 5) is 0. The Morgan fingerprint density at radius 3 is 1.31 bits per heavy atom. The molecule has 208 valence electrons. The smallest absolute Gasteiger partial charge is 0.0726 e. The second-order valence-corrected chi connectivity index (χ2v) is 13.8. The van der Waals surface area contributed by atoms with Gasteiger partial charge in [0.1, 0.15) is 0 Å². The van der Waals surface area contributed by atoms with E-state index in [9.17, 15) is 0 Å². The first-order valence-corrected chi connectivity index (χ1v) is 16.6. The molecule has 0 fully saturated rings. The Morgan fingerprint density at radius 2 is 0.733 bits per heavy atom. The first kappa shape index (κ1) is 24.1. The quantitative estimate of drug-likeness (QED) is 0.166. The van der Waals surface area contributed by atoms with Crippen LogP contribution >= 0.6 is 11.3 Å². The highest BCUT2D eigenvalue weighted by Crippen LogP contribution is 2.68. The highest BCUT2D eigenvalue weighted by atomic mass is 32.1. The van der Waals surface area contributed by atoms with Gasteiger partial charge >= 0.3 is 0 Å². The van der Waals surface area contributed by atoms with Crippen LogP contribution in [0.15, 0.2) is 158 Å². The van der Waals surface area contributed by atoms with Crippen LogP contribution in [-0.2, 0) is 10.8 Å². The molecule has 0 aliphatic heterocycles. The number of hydrogen-bond donors (Lipinski definition) is 0. The van der Waals surface area contributed by atoms with Crippen molar-refractivity contribution in [2.24, 2.45) is 0 Å². The third-order valence-corrected chi connectivity index (χ3v) is 12.1. The summed E-state index contributed by atoms with van der Waals surface area (Å²) in [6.45, 7) is 0. The fourth-order valence-electron chi connectivity index (χ4n) is 9.55. The molecule has 11 rings (SSSR count). The van der Waals surface area contributed by atoms with Gasteiger partial charge in [-0.15, -0.1) is 11.3 Å². The average molecular weight is 587 g/mol. The normalized spacial score (nSPS) is 15.5. The Bertz CT molecular complexity index is 2470. The van der Waals surface area contributed by atoms with Gasteiger partial charge in [0.15, 0.2) is 0 Å². The molecule has 0 saturated heterocycles. The largest absolute Gasteiger partial charge is 0.135 e. The van der Waals surface area contributed by atoms with Crippen LogP contribution in [0.3, 0.4) is 0 Å². The van der Waals surface area contributed by atoms with Crippen molar-refractivity contribution in [2.75, 3.05) is 0 Å². The maximum absolute atomic E-state index is 2.44.